The van der Waals surface area contributed by atoms with E-state index in [2.05, 4.69) is 56.0 Å². The van der Waals surface area contributed by atoms with Gasteiger partial charge in [0.15, 0.2) is 0 Å². The first-order valence-corrected chi connectivity index (χ1v) is 8.40. The van der Waals surface area contributed by atoms with Crippen LogP contribution in [0.3, 0.4) is 0 Å². The van der Waals surface area contributed by atoms with Gasteiger partial charge in [0.1, 0.15) is 5.75 Å². The summed E-state index contributed by atoms with van der Waals surface area (Å²) in [5.74, 6) is 1.37. The second-order valence-electron chi connectivity index (χ2n) is 5.14. The number of ether oxygens (including phenoxy) is 1. The van der Waals surface area contributed by atoms with Gasteiger partial charge in [0.25, 0.3) is 0 Å². The second kappa shape index (κ2) is 7.80. The molecule has 0 bridgehead atoms. The molecule has 0 unspecified atom stereocenters. The molecule has 112 valence electrons. The zero-order valence-corrected chi connectivity index (χ0v) is 15.2. The predicted octanol–water partition coefficient (Wildman–Crippen LogP) is 5.25. The van der Waals surface area contributed by atoms with Crippen molar-refractivity contribution in [1.82, 2.24) is 4.98 Å². The van der Waals surface area contributed by atoms with Crippen molar-refractivity contribution in [2.75, 3.05) is 11.9 Å². The maximum Gasteiger partial charge on any atom is 0.142 e. The highest BCUT2D eigenvalue weighted by Gasteiger charge is 2.06. The van der Waals surface area contributed by atoms with E-state index in [-0.39, 0.29) is 0 Å². The molecular formula is C16H18Br2N2O. The topological polar surface area (TPSA) is 34.1 Å². The molecule has 0 fully saturated rings. The number of nitrogens with one attached hydrogen (secondary N) is 1. The fraction of sp³-hybridized carbons (Fsp3) is 0.312. The lowest BCUT2D eigenvalue weighted by atomic mass is 10.2. The molecule has 0 saturated carbocycles. The minimum absolute atomic E-state index is 0.500. The van der Waals surface area contributed by atoms with Crippen molar-refractivity contribution in [3.63, 3.8) is 0 Å². The van der Waals surface area contributed by atoms with Gasteiger partial charge in [-0.15, -0.1) is 0 Å². The number of benzene rings is 1. The molecule has 0 spiro atoms. The van der Waals surface area contributed by atoms with Crippen LogP contribution in [-0.2, 0) is 6.54 Å². The normalized spacial score (nSPS) is 10.7. The van der Waals surface area contributed by atoms with Crippen molar-refractivity contribution in [3.8, 4) is 5.75 Å². The number of halogens is 2. The largest absolute Gasteiger partial charge is 0.491 e. The number of para-hydroxylation sites is 2. The zero-order chi connectivity index (χ0) is 15.2. The van der Waals surface area contributed by atoms with Gasteiger partial charge in [-0.25, -0.2) is 0 Å². The van der Waals surface area contributed by atoms with Gasteiger partial charge in [-0.1, -0.05) is 26.0 Å². The van der Waals surface area contributed by atoms with Crippen LogP contribution < -0.4 is 10.1 Å². The van der Waals surface area contributed by atoms with Crippen LogP contribution in [0.25, 0.3) is 0 Å². The van der Waals surface area contributed by atoms with Gasteiger partial charge in [0.2, 0.25) is 0 Å². The fourth-order valence-corrected chi connectivity index (χ4v) is 2.87. The molecule has 0 radical (unpaired) electrons. The number of nitrogens with zero attached hydrogens (tertiary/aromatic N) is 1. The van der Waals surface area contributed by atoms with Gasteiger partial charge in [-0.05, 0) is 56.0 Å². The van der Waals surface area contributed by atoms with Gasteiger partial charge >= 0.3 is 0 Å². The molecule has 0 aliphatic rings. The van der Waals surface area contributed by atoms with Crippen molar-refractivity contribution < 1.29 is 4.74 Å². The summed E-state index contributed by atoms with van der Waals surface area (Å²) in [7, 11) is 0. The molecule has 5 heteroatoms. The number of hydrogen-bond acceptors (Lipinski definition) is 3. The van der Waals surface area contributed by atoms with E-state index < -0.39 is 0 Å². The van der Waals surface area contributed by atoms with E-state index in [0.29, 0.717) is 19.1 Å². The van der Waals surface area contributed by atoms with Gasteiger partial charge in [-0.2, -0.15) is 0 Å². The summed E-state index contributed by atoms with van der Waals surface area (Å²) >= 11 is 6.93. The van der Waals surface area contributed by atoms with Crippen LogP contribution in [0.1, 0.15) is 19.5 Å². The Labute approximate surface area is 142 Å². The van der Waals surface area contributed by atoms with Crippen LogP contribution in [0.2, 0.25) is 0 Å². The first-order valence-electron chi connectivity index (χ1n) is 6.82. The molecule has 3 nitrogen and oxygen atoms in total. The minimum atomic E-state index is 0.500. The summed E-state index contributed by atoms with van der Waals surface area (Å²) < 4.78 is 7.77. The van der Waals surface area contributed by atoms with Crippen LogP contribution >= 0.6 is 31.9 Å². The van der Waals surface area contributed by atoms with Crippen molar-refractivity contribution in [1.29, 1.82) is 0 Å². The van der Waals surface area contributed by atoms with Crippen LogP contribution in [-0.4, -0.2) is 11.6 Å². The lowest BCUT2D eigenvalue weighted by Gasteiger charge is -2.14. The predicted molar refractivity (Wildman–Crippen MR) is 93.7 cm³/mol. The smallest absolute Gasteiger partial charge is 0.142 e. The molecular weight excluding hydrogens is 396 g/mol. The maximum atomic E-state index is 5.83. The third kappa shape index (κ3) is 5.00. The van der Waals surface area contributed by atoms with E-state index >= 15 is 0 Å². The molecule has 0 saturated heterocycles. The molecule has 0 aliphatic heterocycles. The van der Waals surface area contributed by atoms with Gasteiger partial charge in [0.05, 0.1) is 24.5 Å². The number of aromatic nitrogens is 1. The summed E-state index contributed by atoms with van der Waals surface area (Å²) in [6.45, 7) is 5.62. The van der Waals surface area contributed by atoms with Crippen molar-refractivity contribution >= 4 is 37.5 Å². The number of anilines is 1. The highest BCUT2D eigenvalue weighted by atomic mass is 79.9. The summed E-state index contributed by atoms with van der Waals surface area (Å²) in [5.41, 5.74) is 1.94. The Balaban J connectivity index is 2.05. The lowest BCUT2D eigenvalue weighted by molar-refractivity contribution is 0.272. The van der Waals surface area contributed by atoms with Gasteiger partial charge in [0, 0.05) is 15.1 Å². The van der Waals surface area contributed by atoms with Crippen molar-refractivity contribution in [2.24, 2.45) is 5.92 Å². The molecule has 0 amide bonds. The fourth-order valence-electron chi connectivity index (χ4n) is 1.75. The molecule has 1 heterocycles. The Bertz CT molecular complexity index is 603. The summed E-state index contributed by atoms with van der Waals surface area (Å²) in [6.07, 6.45) is 1.79. The average Bonchev–Trinajstić information content (AvgIpc) is 2.45. The second-order valence-corrected chi connectivity index (χ2v) is 6.91. The molecule has 1 N–H and O–H groups in total. The first-order chi connectivity index (χ1) is 10.1. The monoisotopic (exact) mass is 412 g/mol. The molecule has 1 aromatic carbocycles. The number of pyridine rings is 1. The highest BCUT2D eigenvalue weighted by Crippen LogP contribution is 2.26. The number of rotatable bonds is 6. The zero-order valence-electron chi connectivity index (χ0n) is 12.1. The van der Waals surface area contributed by atoms with E-state index in [1.54, 1.807) is 6.20 Å². The van der Waals surface area contributed by atoms with Crippen LogP contribution in [0.15, 0.2) is 45.5 Å². The van der Waals surface area contributed by atoms with Crippen molar-refractivity contribution in [3.05, 3.63) is 51.2 Å². The SMILES string of the molecule is CC(C)COc1ccccc1NCc1ncc(Br)cc1Br. The Kier molecular flexibility index (Phi) is 6.06. The Hall–Kier alpha value is -1.07. The van der Waals surface area contributed by atoms with Gasteiger partial charge in [-0.3, -0.25) is 4.98 Å². The average molecular weight is 414 g/mol. The molecule has 2 aromatic rings. The van der Waals surface area contributed by atoms with Crippen LogP contribution in [0.5, 0.6) is 5.75 Å². The van der Waals surface area contributed by atoms with E-state index in [4.69, 9.17) is 4.74 Å². The van der Waals surface area contributed by atoms with E-state index in [9.17, 15) is 0 Å². The van der Waals surface area contributed by atoms with E-state index in [0.717, 1.165) is 26.1 Å². The molecule has 0 atom stereocenters. The van der Waals surface area contributed by atoms with Crippen LogP contribution in [0.4, 0.5) is 5.69 Å². The quantitative estimate of drug-likeness (QED) is 0.701. The number of hydrogen-bond donors (Lipinski definition) is 1. The molecule has 0 aliphatic carbocycles. The molecule has 2 rings (SSSR count). The molecule has 21 heavy (non-hydrogen) atoms. The molecule has 1 aromatic heterocycles. The Morgan fingerprint density at radius 1 is 1.24 bits per heavy atom. The Morgan fingerprint density at radius 3 is 2.71 bits per heavy atom. The third-order valence-corrected chi connectivity index (χ3v) is 3.91. The summed E-state index contributed by atoms with van der Waals surface area (Å²) in [5, 5.41) is 3.38. The summed E-state index contributed by atoms with van der Waals surface area (Å²) in [4.78, 5) is 4.40. The summed E-state index contributed by atoms with van der Waals surface area (Å²) in [6, 6.07) is 9.96. The van der Waals surface area contributed by atoms with Crippen molar-refractivity contribution in [2.45, 2.75) is 20.4 Å². The highest BCUT2D eigenvalue weighted by molar-refractivity contribution is 9.11. The third-order valence-electron chi connectivity index (χ3n) is 2.79. The standard InChI is InChI=1S/C16H18Br2N2O/c1-11(2)10-21-16-6-4-3-5-14(16)20-9-15-13(18)7-12(17)8-19-15/h3-8,11,20H,9-10H2,1-2H3. The first kappa shape index (κ1) is 16.3. The van der Waals surface area contributed by atoms with E-state index in [1.165, 1.54) is 0 Å². The Morgan fingerprint density at radius 2 is 2.00 bits per heavy atom. The lowest BCUT2D eigenvalue weighted by Crippen LogP contribution is -2.08. The van der Waals surface area contributed by atoms with Gasteiger partial charge < -0.3 is 10.1 Å². The minimum Gasteiger partial charge on any atom is -0.491 e. The van der Waals surface area contributed by atoms with E-state index in [1.807, 2.05) is 30.3 Å². The maximum absolute atomic E-state index is 5.83. The van der Waals surface area contributed by atoms with Crippen LogP contribution in [0, 0.1) is 5.92 Å².